The number of nitrogens with zero attached hydrogens (tertiary/aromatic N) is 3. The molecule has 0 aromatic carbocycles. The zero-order valence-corrected chi connectivity index (χ0v) is 12.0. The molecular weight excluding hydrogens is 244 g/mol. The van der Waals surface area contributed by atoms with E-state index in [0.717, 1.165) is 25.9 Å². The quantitative estimate of drug-likeness (QED) is 0.835. The number of hydrogen-bond acceptors (Lipinski definition) is 6. The summed E-state index contributed by atoms with van der Waals surface area (Å²) in [6.45, 7) is 9.08. The van der Waals surface area contributed by atoms with Gasteiger partial charge in [0.25, 0.3) is 0 Å². The molecule has 2 N–H and O–H groups in total. The van der Waals surface area contributed by atoms with Gasteiger partial charge in [0, 0.05) is 6.54 Å². The third kappa shape index (κ3) is 4.18. The molecule has 1 aliphatic rings. The summed E-state index contributed by atoms with van der Waals surface area (Å²) in [5.74, 6) is 1.19. The lowest BCUT2D eigenvalue weighted by Crippen LogP contribution is -2.46. The molecule has 19 heavy (non-hydrogen) atoms. The average molecular weight is 268 g/mol. The largest absolute Gasteiger partial charge is 0.407 e. The van der Waals surface area contributed by atoms with Crippen LogP contribution in [0.2, 0.25) is 0 Å². The van der Waals surface area contributed by atoms with E-state index in [1.165, 1.54) is 0 Å². The molecule has 6 heteroatoms. The van der Waals surface area contributed by atoms with Crippen molar-refractivity contribution < 1.29 is 9.52 Å². The van der Waals surface area contributed by atoms with Gasteiger partial charge in [-0.3, -0.25) is 0 Å². The van der Waals surface area contributed by atoms with Gasteiger partial charge in [-0.1, -0.05) is 18.9 Å². The monoisotopic (exact) mass is 268 g/mol. The first-order chi connectivity index (χ1) is 8.96. The number of aromatic nitrogens is 2. The van der Waals surface area contributed by atoms with Gasteiger partial charge in [-0.25, -0.2) is 0 Å². The summed E-state index contributed by atoms with van der Waals surface area (Å²) < 4.78 is 5.63. The van der Waals surface area contributed by atoms with Gasteiger partial charge < -0.3 is 19.7 Å². The Hall–Kier alpha value is -1.14. The van der Waals surface area contributed by atoms with E-state index in [0.29, 0.717) is 30.9 Å². The summed E-state index contributed by atoms with van der Waals surface area (Å²) in [5.41, 5.74) is -0.664. The van der Waals surface area contributed by atoms with Crippen LogP contribution in [0.15, 0.2) is 4.42 Å². The highest BCUT2D eigenvalue weighted by Gasteiger charge is 2.30. The van der Waals surface area contributed by atoms with Crippen LogP contribution in [0, 0.1) is 5.92 Å². The highest BCUT2D eigenvalue weighted by Crippen LogP contribution is 2.24. The number of β-amino-alcohol motifs (C(OH)–C–C–N with tert-alkyl or cyclic N) is 1. The Labute approximate surface area is 114 Å². The molecule has 108 valence electrons. The normalized spacial score (nSPS) is 24.2. The van der Waals surface area contributed by atoms with E-state index in [-0.39, 0.29) is 0 Å². The molecule has 1 aromatic rings. The number of aliphatic hydroxyl groups is 1. The standard InChI is InChI=1S/C13H24N4O2/c1-10(2)7-14-8-11-15-16-12(19-11)17-6-4-5-13(3,18)9-17/h10,14,18H,4-9H2,1-3H3. The number of anilines is 1. The van der Waals surface area contributed by atoms with E-state index < -0.39 is 5.60 Å². The zero-order chi connectivity index (χ0) is 13.9. The summed E-state index contributed by atoms with van der Waals surface area (Å²) >= 11 is 0. The van der Waals surface area contributed by atoms with Crippen LogP contribution in [0.1, 0.15) is 39.5 Å². The summed E-state index contributed by atoms with van der Waals surface area (Å²) in [4.78, 5) is 1.96. The van der Waals surface area contributed by atoms with Gasteiger partial charge in [-0.05, 0) is 32.2 Å². The van der Waals surface area contributed by atoms with Crippen LogP contribution in [0.25, 0.3) is 0 Å². The number of nitrogens with one attached hydrogen (secondary N) is 1. The minimum Gasteiger partial charge on any atom is -0.407 e. The second kappa shape index (κ2) is 5.88. The molecule has 1 unspecified atom stereocenters. The van der Waals surface area contributed by atoms with E-state index >= 15 is 0 Å². The third-order valence-corrected chi connectivity index (χ3v) is 3.23. The van der Waals surface area contributed by atoms with E-state index in [4.69, 9.17) is 4.42 Å². The van der Waals surface area contributed by atoms with Gasteiger partial charge in [0.1, 0.15) is 0 Å². The summed E-state index contributed by atoms with van der Waals surface area (Å²) in [6.07, 6.45) is 1.76. The van der Waals surface area contributed by atoms with Gasteiger partial charge in [0.15, 0.2) is 0 Å². The maximum absolute atomic E-state index is 10.1. The summed E-state index contributed by atoms with van der Waals surface area (Å²) in [7, 11) is 0. The molecule has 0 saturated carbocycles. The van der Waals surface area contributed by atoms with Gasteiger partial charge in [-0.15, -0.1) is 5.10 Å². The van der Waals surface area contributed by atoms with Crippen LogP contribution in [0.3, 0.4) is 0 Å². The maximum Gasteiger partial charge on any atom is 0.318 e. The second-order valence-corrected chi connectivity index (χ2v) is 6.03. The Morgan fingerprint density at radius 1 is 1.47 bits per heavy atom. The third-order valence-electron chi connectivity index (χ3n) is 3.23. The molecule has 1 aliphatic heterocycles. The molecule has 0 aliphatic carbocycles. The van der Waals surface area contributed by atoms with Crippen LogP contribution < -0.4 is 10.2 Å². The van der Waals surface area contributed by atoms with Crippen LogP contribution >= 0.6 is 0 Å². The number of hydrogen-bond donors (Lipinski definition) is 2. The lowest BCUT2D eigenvalue weighted by atomic mass is 9.96. The Morgan fingerprint density at radius 2 is 2.26 bits per heavy atom. The van der Waals surface area contributed by atoms with Crippen molar-refractivity contribution in [2.24, 2.45) is 5.92 Å². The van der Waals surface area contributed by atoms with Crippen molar-refractivity contribution in [3.63, 3.8) is 0 Å². The van der Waals surface area contributed by atoms with Crippen molar-refractivity contribution in [3.05, 3.63) is 5.89 Å². The minimum absolute atomic E-state index is 0.515. The first kappa shape index (κ1) is 14.3. The minimum atomic E-state index is -0.664. The fourth-order valence-corrected chi connectivity index (χ4v) is 2.30. The number of piperidine rings is 1. The lowest BCUT2D eigenvalue weighted by Gasteiger charge is -2.35. The lowest BCUT2D eigenvalue weighted by molar-refractivity contribution is 0.0434. The van der Waals surface area contributed by atoms with Crippen molar-refractivity contribution in [1.29, 1.82) is 0 Å². The SMILES string of the molecule is CC(C)CNCc1nnc(N2CCCC(C)(O)C2)o1. The van der Waals surface area contributed by atoms with Gasteiger partial charge >= 0.3 is 6.01 Å². The Bertz CT molecular complexity index is 403. The fourth-order valence-electron chi connectivity index (χ4n) is 2.30. The first-order valence-electron chi connectivity index (χ1n) is 6.97. The Balaban J connectivity index is 1.89. The predicted octanol–water partition coefficient (Wildman–Crippen LogP) is 1.17. The Kier molecular flexibility index (Phi) is 4.42. The molecule has 1 saturated heterocycles. The van der Waals surface area contributed by atoms with Crippen LogP contribution in [-0.2, 0) is 6.54 Å². The van der Waals surface area contributed by atoms with E-state index in [9.17, 15) is 5.11 Å². The predicted molar refractivity (Wildman–Crippen MR) is 72.9 cm³/mol. The molecule has 2 heterocycles. The van der Waals surface area contributed by atoms with Crippen molar-refractivity contribution in [2.75, 3.05) is 24.5 Å². The molecule has 6 nitrogen and oxygen atoms in total. The van der Waals surface area contributed by atoms with Crippen molar-refractivity contribution in [1.82, 2.24) is 15.5 Å². The van der Waals surface area contributed by atoms with Gasteiger partial charge in [0.2, 0.25) is 5.89 Å². The van der Waals surface area contributed by atoms with E-state index in [2.05, 4.69) is 29.4 Å². The second-order valence-electron chi connectivity index (χ2n) is 6.03. The topological polar surface area (TPSA) is 74.4 Å². The molecule has 0 radical (unpaired) electrons. The zero-order valence-electron chi connectivity index (χ0n) is 12.0. The molecule has 2 rings (SSSR count). The number of rotatable bonds is 5. The molecule has 0 amide bonds. The molecular formula is C13H24N4O2. The smallest absolute Gasteiger partial charge is 0.318 e. The Morgan fingerprint density at radius 3 is 2.95 bits per heavy atom. The average Bonchev–Trinajstić information content (AvgIpc) is 2.76. The van der Waals surface area contributed by atoms with Crippen molar-refractivity contribution >= 4 is 6.01 Å². The fraction of sp³-hybridized carbons (Fsp3) is 0.846. The van der Waals surface area contributed by atoms with E-state index in [1.807, 2.05) is 11.8 Å². The van der Waals surface area contributed by atoms with Gasteiger partial charge in [0.05, 0.1) is 18.7 Å². The highest BCUT2D eigenvalue weighted by molar-refractivity contribution is 5.26. The van der Waals surface area contributed by atoms with E-state index in [1.54, 1.807) is 0 Å². The molecule has 1 fully saturated rings. The molecule has 0 bridgehead atoms. The van der Waals surface area contributed by atoms with Crippen molar-refractivity contribution in [2.45, 2.75) is 45.8 Å². The van der Waals surface area contributed by atoms with Crippen LogP contribution in [-0.4, -0.2) is 40.5 Å². The first-order valence-corrected chi connectivity index (χ1v) is 6.97. The maximum atomic E-state index is 10.1. The van der Waals surface area contributed by atoms with Crippen molar-refractivity contribution in [3.8, 4) is 0 Å². The highest BCUT2D eigenvalue weighted by atomic mass is 16.4. The molecule has 1 atom stereocenters. The summed E-state index contributed by atoms with van der Waals surface area (Å²) in [5, 5.41) is 21.4. The molecule has 0 spiro atoms. The van der Waals surface area contributed by atoms with Crippen LogP contribution in [0.5, 0.6) is 0 Å². The van der Waals surface area contributed by atoms with Gasteiger partial charge in [-0.2, -0.15) is 0 Å². The molecule has 1 aromatic heterocycles. The summed E-state index contributed by atoms with van der Waals surface area (Å²) in [6, 6.07) is 0.515. The van der Waals surface area contributed by atoms with Crippen LogP contribution in [0.4, 0.5) is 6.01 Å².